The summed E-state index contributed by atoms with van der Waals surface area (Å²) >= 11 is 13.5. The molecule has 4 rings (SSSR count). The second-order valence-corrected chi connectivity index (χ2v) is 12.2. The van der Waals surface area contributed by atoms with Crippen LogP contribution in [0.1, 0.15) is 49.9 Å². The van der Waals surface area contributed by atoms with E-state index in [2.05, 4.69) is 105 Å². The highest BCUT2D eigenvalue weighted by atomic mass is 35.5. The maximum absolute atomic E-state index is 6.78. The number of hydrogen-bond acceptors (Lipinski definition) is 4. The molecule has 0 saturated carbocycles. The third kappa shape index (κ3) is 6.15. The monoisotopic (exact) mass is 554 g/mol. The Balaban J connectivity index is 1.60. The van der Waals surface area contributed by atoms with E-state index in [0.717, 1.165) is 41.1 Å². The molecule has 3 aromatic carbocycles. The lowest BCUT2D eigenvalue weighted by Crippen LogP contribution is -2.25. The summed E-state index contributed by atoms with van der Waals surface area (Å²) in [5.41, 5.74) is 6.44. The van der Waals surface area contributed by atoms with Crippen LogP contribution in [-0.2, 0) is 20.3 Å². The first-order valence-electron chi connectivity index (χ1n) is 13.2. The van der Waals surface area contributed by atoms with Crippen molar-refractivity contribution in [2.45, 2.75) is 44.6 Å². The molecule has 1 unspecified atom stereocenters. The number of ether oxygens (including phenoxy) is 2. The predicted octanol–water partition coefficient (Wildman–Crippen LogP) is 7.56. The van der Waals surface area contributed by atoms with Gasteiger partial charge >= 0.3 is 0 Å². The average molecular weight is 556 g/mol. The Kier molecular flexibility index (Phi) is 8.68. The van der Waals surface area contributed by atoms with Gasteiger partial charge in [-0.25, -0.2) is 0 Å². The van der Waals surface area contributed by atoms with Crippen molar-refractivity contribution >= 4 is 34.6 Å². The van der Waals surface area contributed by atoms with Crippen LogP contribution in [0.4, 0.5) is 11.4 Å². The predicted molar refractivity (Wildman–Crippen MR) is 162 cm³/mol. The third-order valence-corrected chi connectivity index (χ3v) is 8.58. The number of anilines is 2. The van der Waals surface area contributed by atoms with E-state index in [1.165, 1.54) is 22.3 Å². The van der Waals surface area contributed by atoms with Gasteiger partial charge in [0.1, 0.15) is 0 Å². The van der Waals surface area contributed by atoms with Crippen LogP contribution < -0.4 is 9.80 Å². The highest BCUT2D eigenvalue weighted by Gasteiger charge is 2.30. The molecule has 1 atom stereocenters. The maximum atomic E-state index is 6.78. The Morgan fingerprint density at radius 1 is 0.789 bits per heavy atom. The summed E-state index contributed by atoms with van der Waals surface area (Å²) in [5, 5.41) is 1.51. The van der Waals surface area contributed by atoms with Crippen molar-refractivity contribution < 1.29 is 9.47 Å². The zero-order chi connectivity index (χ0) is 27.7. The molecule has 0 amide bonds. The maximum Gasteiger partial charge on any atom is 0.0984 e. The van der Waals surface area contributed by atoms with Gasteiger partial charge < -0.3 is 19.3 Å². The summed E-state index contributed by atoms with van der Waals surface area (Å²) in [7, 11) is 5.81. The molecule has 1 heterocycles. The molecule has 38 heavy (non-hydrogen) atoms. The summed E-state index contributed by atoms with van der Waals surface area (Å²) in [5.74, 6) is 0. The summed E-state index contributed by atoms with van der Waals surface area (Å²) in [6.07, 6.45) is 0.320. The molecule has 0 N–H and O–H groups in total. The number of epoxide rings is 1. The topological polar surface area (TPSA) is 28.2 Å². The van der Waals surface area contributed by atoms with E-state index < -0.39 is 0 Å². The molecule has 1 fully saturated rings. The van der Waals surface area contributed by atoms with Gasteiger partial charge in [-0.2, -0.15) is 0 Å². The van der Waals surface area contributed by atoms with Crippen LogP contribution in [-0.4, -0.2) is 53.6 Å². The molecule has 0 bridgehead atoms. The zero-order valence-electron chi connectivity index (χ0n) is 23.6. The van der Waals surface area contributed by atoms with Crippen LogP contribution in [0, 0.1) is 0 Å². The van der Waals surface area contributed by atoms with Crippen LogP contribution in [0.3, 0.4) is 0 Å². The summed E-state index contributed by atoms with van der Waals surface area (Å²) in [4.78, 5) is 4.30. The minimum absolute atomic E-state index is 0.224. The van der Waals surface area contributed by atoms with Crippen LogP contribution in [0.25, 0.3) is 0 Å². The molecular formula is C32H40Cl2N2O2. The SMILES string of the molecule is COCCN(C)c1ccc(C(C)(C)c2cccc(C(C)(C)c3ccc(N(C)CC4CO4)c(Cl)c3)c2)cc1Cl. The van der Waals surface area contributed by atoms with Crippen molar-refractivity contribution in [3.63, 3.8) is 0 Å². The molecule has 3 aromatic rings. The molecule has 1 saturated heterocycles. The number of halogens is 2. The Morgan fingerprint density at radius 3 is 1.71 bits per heavy atom. The lowest BCUT2D eigenvalue weighted by atomic mass is 9.73. The van der Waals surface area contributed by atoms with Gasteiger partial charge in [-0.05, 0) is 46.5 Å². The van der Waals surface area contributed by atoms with Crippen molar-refractivity contribution in [2.75, 3.05) is 57.3 Å². The molecule has 6 heteroatoms. The van der Waals surface area contributed by atoms with Crippen LogP contribution in [0.5, 0.6) is 0 Å². The second kappa shape index (κ2) is 11.5. The van der Waals surface area contributed by atoms with Gasteiger partial charge in [0.25, 0.3) is 0 Å². The molecule has 1 aliphatic heterocycles. The van der Waals surface area contributed by atoms with Crippen molar-refractivity contribution in [3.05, 3.63) is 93.0 Å². The molecule has 0 aromatic heterocycles. The number of methoxy groups -OCH3 is 1. The Morgan fingerprint density at radius 2 is 1.26 bits per heavy atom. The highest BCUT2D eigenvalue weighted by Crippen LogP contribution is 2.40. The lowest BCUT2D eigenvalue weighted by molar-refractivity contribution is 0.206. The normalized spacial score (nSPS) is 15.4. The number of nitrogens with zero attached hydrogens (tertiary/aromatic N) is 2. The van der Waals surface area contributed by atoms with Gasteiger partial charge in [0, 0.05) is 45.1 Å². The van der Waals surface area contributed by atoms with E-state index in [0.29, 0.717) is 12.7 Å². The van der Waals surface area contributed by atoms with Crippen LogP contribution in [0.15, 0.2) is 60.7 Å². The van der Waals surface area contributed by atoms with E-state index in [4.69, 9.17) is 32.7 Å². The Bertz CT molecular complexity index is 1270. The second-order valence-electron chi connectivity index (χ2n) is 11.4. The van der Waals surface area contributed by atoms with Crippen molar-refractivity contribution in [1.29, 1.82) is 0 Å². The molecule has 1 aliphatic rings. The number of rotatable bonds is 11. The highest BCUT2D eigenvalue weighted by molar-refractivity contribution is 6.33. The Hall–Kier alpha value is -2.24. The van der Waals surface area contributed by atoms with Gasteiger partial charge in [-0.15, -0.1) is 0 Å². The van der Waals surface area contributed by atoms with Gasteiger partial charge in [-0.1, -0.05) is 87.3 Å². The quantitative estimate of drug-likeness (QED) is 0.228. The summed E-state index contributed by atoms with van der Waals surface area (Å²) in [6, 6.07) is 21.7. The molecule has 4 nitrogen and oxygen atoms in total. The first-order valence-corrected chi connectivity index (χ1v) is 13.9. The third-order valence-electron chi connectivity index (χ3n) is 7.98. The number of likely N-dealkylation sites (N-methyl/N-ethyl adjacent to an activating group) is 2. The fourth-order valence-electron chi connectivity index (χ4n) is 4.97. The van der Waals surface area contributed by atoms with E-state index >= 15 is 0 Å². The van der Waals surface area contributed by atoms with Gasteiger partial charge in [0.15, 0.2) is 0 Å². The standard InChI is InChI=1S/C32H40Cl2N2O2/c1-31(2,24-11-13-29(27(33)18-24)35(5)15-16-37-7)22-9-8-10-23(17-22)32(3,4)25-12-14-30(28(34)19-25)36(6)20-26-21-38-26/h8-14,17-19,26H,15-16,20-21H2,1-7H3. The lowest BCUT2D eigenvalue weighted by Gasteiger charge is -2.32. The van der Waals surface area contributed by atoms with E-state index in [1.807, 2.05) is 7.05 Å². The van der Waals surface area contributed by atoms with Gasteiger partial charge in [-0.3, -0.25) is 0 Å². The van der Waals surface area contributed by atoms with Crippen molar-refractivity contribution in [1.82, 2.24) is 0 Å². The molecular weight excluding hydrogens is 515 g/mol. The van der Waals surface area contributed by atoms with E-state index in [1.54, 1.807) is 7.11 Å². The smallest absolute Gasteiger partial charge is 0.0984 e. The van der Waals surface area contributed by atoms with E-state index in [-0.39, 0.29) is 10.8 Å². The average Bonchev–Trinajstić information content (AvgIpc) is 3.71. The molecule has 0 spiro atoms. The first-order chi connectivity index (χ1) is 17.9. The minimum Gasteiger partial charge on any atom is -0.383 e. The first kappa shape index (κ1) is 28.8. The fourth-order valence-corrected chi connectivity index (χ4v) is 5.62. The largest absolute Gasteiger partial charge is 0.383 e. The van der Waals surface area contributed by atoms with Crippen molar-refractivity contribution in [2.24, 2.45) is 0 Å². The van der Waals surface area contributed by atoms with Gasteiger partial charge in [0.05, 0.1) is 40.7 Å². The van der Waals surface area contributed by atoms with E-state index in [9.17, 15) is 0 Å². The summed E-state index contributed by atoms with van der Waals surface area (Å²) in [6.45, 7) is 12.2. The molecule has 204 valence electrons. The molecule has 0 aliphatic carbocycles. The Labute approximate surface area is 238 Å². The molecule has 0 radical (unpaired) electrons. The van der Waals surface area contributed by atoms with Gasteiger partial charge in [0.2, 0.25) is 0 Å². The minimum atomic E-state index is -0.228. The zero-order valence-corrected chi connectivity index (χ0v) is 25.2. The summed E-state index contributed by atoms with van der Waals surface area (Å²) < 4.78 is 10.6. The fraction of sp³-hybridized carbons (Fsp3) is 0.438. The number of benzene rings is 3. The van der Waals surface area contributed by atoms with Crippen LogP contribution in [0.2, 0.25) is 10.0 Å². The van der Waals surface area contributed by atoms with Crippen molar-refractivity contribution in [3.8, 4) is 0 Å². The number of hydrogen-bond donors (Lipinski definition) is 0. The van der Waals surface area contributed by atoms with Crippen LogP contribution >= 0.6 is 23.2 Å².